The van der Waals surface area contributed by atoms with Crippen LogP contribution in [0.15, 0.2) is 21.6 Å². The fraction of sp³-hybridized carbons (Fsp3) is 0.111. The Morgan fingerprint density at radius 1 is 1.41 bits per heavy atom. The smallest absolute Gasteiger partial charge is 0.260 e. The molecule has 0 radical (unpaired) electrons. The predicted molar refractivity (Wildman–Crippen MR) is 68.7 cm³/mol. The lowest BCUT2D eigenvalue weighted by atomic mass is 10.2. The zero-order chi connectivity index (χ0) is 12.4. The molecule has 0 unspecified atom stereocenters. The highest BCUT2D eigenvalue weighted by Crippen LogP contribution is 2.20. The number of carbonyl (C=O) groups is 1. The van der Waals surface area contributed by atoms with Crippen LogP contribution in [-0.2, 0) is 0 Å². The quantitative estimate of drug-likeness (QED) is 0.860. The summed E-state index contributed by atoms with van der Waals surface area (Å²) >= 11 is 6.40. The maximum atomic E-state index is 11.9. The summed E-state index contributed by atoms with van der Waals surface area (Å²) in [4.78, 5) is 20.0. The van der Waals surface area contributed by atoms with Crippen LogP contribution < -0.4 is 5.32 Å². The van der Waals surface area contributed by atoms with E-state index in [2.05, 4.69) is 57.3 Å². The third-order valence-electron chi connectivity index (χ3n) is 2.01. The van der Waals surface area contributed by atoms with E-state index in [1.54, 1.807) is 6.92 Å². The van der Waals surface area contributed by atoms with Crippen molar-refractivity contribution >= 4 is 43.6 Å². The zero-order valence-electron chi connectivity index (χ0n) is 8.66. The summed E-state index contributed by atoms with van der Waals surface area (Å²) in [5.74, 6) is 0.0763. The molecule has 88 valence electrons. The maximum Gasteiger partial charge on any atom is 0.260 e. The van der Waals surface area contributed by atoms with Gasteiger partial charge in [-0.1, -0.05) is 0 Å². The molecular formula is C9H7Br2N5O. The van der Waals surface area contributed by atoms with Crippen molar-refractivity contribution in [3.05, 3.63) is 32.9 Å². The van der Waals surface area contributed by atoms with E-state index in [9.17, 15) is 4.79 Å². The summed E-state index contributed by atoms with van der Waals surface area (Å²) in [6.07, 6.45) is 2.97. The molecule has 2 aromatic heterocycles. The molecule has 0 bridgehead atoms. The fourth-order valence-corrected chi connectivity index (χ4v) is 2.10. The molecule has 0 aliphatic carbocycles. The van der Waals surface area contributed by atoms with Crippen molar-refractivity contribution in [3.63, 3.8) is 0 Å². The summed E-state index contributed by atoms with van der Waals surface area (Å²) in [6.45, 7) is 1.77. The van der Waals surface area contributed by atoms with Crippen LogP contribution in [0.2, 0.25) is 0 Å². The second-order valence-corrected chi connectivity index (χ2v) is 4.76. The molecule has 2 aromatic rings. The van der Waals surface area contributed by atoms with Crippen LogP contribution in [-0.4, -0.2) is 26.1 Å². The SMILES string of the molecule is Cc1[nH]ncc1C(=O)Nc1ncc(Br)nc1Br. The first kappa shape index (κ1) is 12.2. The number of amides is 1. The van der Waals surface area contributed by atoms with Crippen molar-refractivity contribution in [2.24, 2.45) is 0 Å². The Hall–Kier alpha value is -1.28. The van der Waals surface area contributed by atoms with Crippen LogP contribution in [0.25, 0.3) is 0 Å². The van der Waals surface area contributed by atoms with E-state index in [1.165, 1.54) is 12.4 Å². The van der Waals surface area contributed by atoms with Gasteiger partial charge in [0.15, 0.2) is 5.82 Å². The van der Waals surface area contributed by atoms with Gasteiger partial charge in [-0.25, -0.2) is 9.97 Å². The van der Waals surface area contributed by atoms with Gasteiger partial charge in [0.2, 0.25) is 0 Å². The first-order valence-electron chi connectivity index (χ1n) is 4.57. The van der Waals surface area contributed by atoms with Crippen molar-refractivity contribution in [1.82, 2.24) is 20.2 Å². The van der Waals surface area contributed by atoms with Gasteiger partial charge in [-0.05, 0) is 38.8 Å². The largest absolute Gasteiger partial charge is 0.304 e. The van der Waals surface area contributed by atoms with Crippen molar-refractivity contribution in [3.8, 4) is 0 Å². The number of nitrogens with one attached hydrogen (secondary N) is 2. The zero-order valence-corrected chi connectivity index (χ0v) is 11.8. The normalized spacial score (nSPS) is 10.3. The topological polar surface area (TPSA) is 83.6 Å². The lowest BCUT2D eigenvalue weighted by Gasteiger charge is -2.04. The van der Waals surface area contributed by atoms with Gasteiger partial charge in [0.05, 0.1) is 18.0 Å². The molecule has 1 amide bonds. The standard InChI is InChI=1S/C9H7Br2N5O/c1-4-5(2-13-16-4)9(17)15-8-7(11)14-6(10)3-12-8/h2-3H,1H3,(H,13,16)(H,12,15,17). The number of anilines is 1. The second-order valence-electron chi connectivity index (χ2n) is 3.19. The minimum Gasteiger partial charge on any atom is -0.304 e. The minimum atomic E-state index is -0.284. The van der Waals surface area contributed by atoms with Crippen LogP contribution in [0, 0.1) is 6.92 Å². The van der Waals surface area contributed by atoms with E-state index in [-0.39, 0.29) is 5.91 Å². The molecule has 0 aliphatic heterocycles. The van der Waals surface area contributed by atoms with Gasteiger partial charge in [-0.3, -0.25) is 9.89 Å². The van der Waals surface area contributed by atoms with Gasteiger partial charge >= 0.3 is 0 Å². The summed E-state index contributed by atoms with van der Waals surface area (Å²) in [7, 11) is 0. The molecule has 2 heterocycles. The highest BCUT2D eigenvalue weighted by Gasteiger charge is 2.13. The number of H-pyrrole nitrogens is 1. The van der Waals surface area contributed by atoms with Gasteiger partial charge in [0, 0.05) is 5.69 Å². The number of carbonyl (C=O) groups excluding carboxylic acids is 1. The molecule has 0 aromatic carbocycles. The molecule has 0 aliphatic rings. The number of rotatable bonds is 2. The van der Waals surface area contributed by atoms with Gasteiger partial charge in [-0.2, -0.15) is 5.10 Å². The third-order valence-corrected chi connectivity index (χ3v) is 2.94. The number of nitrogens with zero attached hydrogens (tertiary/aromatic N) is 3. The van der Waals surface area contributed by atoms with Crippen LogP contribution in [0.5, 0.6) is 0 Å². The molecular weight excluding hydrogens is 354 g/mol. The first-order chi connectivity index (χ1) is 8.08. The molecule has 6 nitrogen and oxygen atoms in total. The number of halogens is 2. The molecule has 0 saturated carbocycles. The van der Waals surface area contributed by atoms with E-state index in [0.29, 0.717) is 26.3 Å². The lowest BCUT2D eigenvalue weighted by molar-refractivity contribution is 0.102. The van der Waals surface area contributed by atoms with Crippen molar-refractivity contribution in [2.75, 3.05) is 5.32 Å². The summed E-state index contributed by atoms with van der Waals surface area (Å²) in [5, 5.41) is 9.11. The van der Waals surface area contributed by atoms with Gasteiger partial charge in [0.1, 0.15) is 9.21 Å². The molecule has 0 fully saturated rings. The molecule has 0 atom stereocenters. The number of hydrogen-bond donors (Lipinski definition) is 2. The Kier molecular flexibility index (Phi) is 3.53. The number of aryl methyl sites for hydroxylation is 1. The van der Waals surface area contributed by atoms with Crippen LogP contribution in [0.3, 0.4) is 0 Å². The average Bonchev–Trinajstić information content (AvgIpc) is 2.68. The lowest BCUT2D eigenvalue weighted by Crippen LogP contribution is -2.14. The second kappa shape index (κ2) is 4.92. The summed E-state index contributed by atoms with van der Waals surface area (Å²) in [6, 6.07) is 0. The third kappa shape index (κ3) is 2.70. The Labute approximate surface area is 114 Å². The molecule has 2 rings (SSSR count). The van der Waals surface area contributed by atoms with E-state index in [0.717, 1.165) is 0 Å². The Balaban J connectivity index is 2.22. The van der Waals surface area contributed by atoms with E-state index in [4.69, 9.17) is 0 Å². The molecule has 0 saturated heterocycles. The van der Waals surface area contributed by atoms with Gasteiger partial charge in [0.25, 0.3) is 5.91 Å². The number of hydrogen-bond acceptors (Lipinski definition) is 4. The number of aromatic nitrogens is 4. The molecule has 17 heavy (non-hydrogen) atoms. The molecule has 0 spiro atoms. The molecule has 2 N–H and O–H groups in total. The van der Waals surface area contributed by atoms with Crippen LogP contribution in [0.1, 0.15) is 16.1 Å². The van der Waals surface area contributed by atoms with Crippen LogP contribution >= 0.6 is 31.9 Å². The van der Waals surface area contributed by atoms with Crippen LogP contribution in [0.4, 0.5) is 5.82 Å². The van der Waals surface area contributed by atoms with E-state index in [1.807, 2.05) is 0 Å². The fourth-order valence-electron chi connectivity index (χ4n) is 1.19. The van der Waals surface area contributed by atoms with E-state index >= 15 is 0 Å². The monoisotopic (exact) mass is 359 g/mol. The van der Waals surface area contributed by atoms with Crippen molar-refractivity contribution in [2.45, 2.75) is 6.92 Å². The Bertz CT molecular complexity index is 568. The highest BCUT2D eigenvalue weighted by molar-refractivity contribution is 9.11. The van der Waals surface area contributed by atoms with Crippen molar-refractivity contribution in [1.29, 1.82) is 0 Å². The highest BCUT2D eigenvalue weighted by atomic mass is 79.9. The molecule has 8 heteroatoms. The summed E-state index contributed by atoms with van der Waals surface area (Å²) < 4.78 is 1.04. The first-order valence-corrected chi connectivity index (χ1v) is 6.16. The Morgan fingerprint density at radius 3 is 2.76 bits per heavy atom. The van der Waals surface area contributed by atoms with E-state index < -0.39 is 0 Å². The summed E-state index contributed by atoms with van der Waals surface area (Å²) in [5.41, 5.74) is 1.17. The predicted octanol–water partition coefficient (Wildman–Crippen LogP) is 2.29. The van der Waals surface area contributed by atoms with Gasteiger partial charge in [-0.15, -0.1) is 0 Å². The van der Waals surface area contributed by atoms with Gasteiger partial charge < -0.3 is 5.32 Å². The number of aromatic amines is 1. The minimum absolute atomic E-state index is 0.284. The van der Waals surface area contributed by atoms with Crippen molar-refractivity contribution < 1.29 is 4.79 Å². The Morgan fingerprint density at radius 2 is 2.18 bits per heavy atom. The maximum absolute atomic E-state index is 11.9. The average molecular weight is 361 g/mol.